The Balaban J connectivity index is 1.97. The van der Waals surface area contributed by atoms with Gasteiger partial charge in [-0.15, -0.1) is 0 Å². The molecule has 0 saturated carbocycles. The predicted octanol–water partition coefficient (Wildman–Crippen LogP) is 2.79. The molecule has 146 valence electrons. The van der Waals surface area contributed by atoms with E-state index in [0.29, 0.717) is 5.69 Å². The number of benzene rings is 2. The van der Waals surface area contributed by atoms with Crippen molar-refractivity contribution >= 4 is 17.6 Å². The van der Waals surface area contributed by atoms with Crippen LogP contribution < -0.4 is 11.1 Å². The number of hydrogen-bond donors (Lipinski definition) is 2. The number of nitrogens with zero attached hydrogens (tertiary/aromatic N) is 2. The molecule has 0 unspecified atom stereocenters. The van der Waals surface area contributed by atoms with Crippen molar-refractivity contribution in [3.63, 3.8) is 0 Å². The van der Waals surface area contributed by atoms with Crippen molar-refractivity contribution in [3.05, 3.63) is 82.9 Å². The molecule has 0 fully saturated rings. The molecule has 3 aromatic rings. The third kappa shape index (κ3) is 3.94. The quantitative estimate of drug-likeness (QED) is 0.649. The number of nitrogens with two attached hydrogens (primary N) is 1. The summed E-state index contributed by atoms with van der Waals surface area (Å²) in [6.07, 6.45) is 1.38. The minimum absolute atomic E-state index is 0.0270. The van der Waals surface area contributed by atoms with Crippen LogP contribution >= 0.6 is 0 Å². The van der Waals surface area contributed by atoms with E-state index in [0.717, 1.165) is 5.56 Å². The SMILES string of the molecule is COC(=O)c1c(N)c(C#N)cn1-c1ccccc1C(=O)NCc1ccc(F)cc1. The number of hydrogen-bond acceptors (Lipinski definition) is 5. The molecule has 1 amide bonds. The van der Waals surface area contributed by atoms with Crippen molar-refractivity contribution < 1.29 is 18.7 Å². The molecule has 8 heteroatoms. The molecule has 0 saturated heterocycles. The van der Waals surface area contributed by atoms with Crippen LogP contribution in [0.5, 0.6) is 0 Å². The highest BCUT2D eigenvalue weighted by atomic mass is 19.1. The normalized spacial score (nSPS) is 10.2. The van der Waals surface area contributed by atoms with Crippen LogP contribution in [0.4, 0.5) is 10.1 Å². The van der Waals surface area contributed by atoms with Crippen molar-refractivity contribution in [2.24, 2.45) is 0 Å². The molecule has 0 atom stereocenters. The van der Waals surface area contributed by atoms with Gasteiger partial charge in [-0.1, -0.05) is 24.3 Å². The van der Waals surface area contributed by atoms with E-state index < -0.39 is 11.9 Å². The first-order valence-corrected chi connectivity index (χ1v) is 8.57. The van der Waals surface area contributed by atoms with Crippen LogP contribution in [0.3, 0.4) is 0 Å². The highest BCUT2D eigenvalue weighted by molar-refractivity contribution is 6.00. The molecular formula is C21H17FN4O3. The monoisotopic (exact) mass is 392 g/mol. The van der Waals surface area contributed by atoms with Gasteiger partial charge in [0.15, 0.2) is 5.69 Å². The van der Waals surface area contributed by atoms with Crippen LogP contribution in [0.25, 0.3) is 5.69 Å². The fraction of sp³-hybridized carbons (Fsp3) is 0.0952. The second kappa shape index (κ2) is 8.27. The van der Waals surface area contributed by atoms with Crippen molar-refractivity contribution in [1.29, 1.82) is 5.26 Å². The van der Waals surface area contributed by atoms with E-state index in [1.54, 1.807) is 36.4 Å². The van der Waals surface area contributed by atoms with Gasteiger partial charge >= 0.3 is 5.97 Å². The first-order valence-electron chi connectivity index (χ1n) is 8.57. The molecule has 3 N–H and O–H groups in total. The largest absolute Gasteiger partial charge is 0.464 e. The Labute approximate surface area is 166 Å². The number of ether oxygens (including phenoxy) is 1. The lowest BCUT2D eigenvalue weighted by Crippen LogP contribution is -2.24. The summed E-state index contributed by atoms with van der Waals surface area (Å²) >= 11 is 0. The van der Waals surface area contributed by atoms with E-state index in [1.807, 2.05) is 6.07 Å². The van der Waals surface area contributed by atoms with E-state index >= 15 is 0 Å². The number of nitriles is 1. The zero-order chi connectivity index (χ0) is 21.0. The van der Waals surface area contributed by atoms with Crippen molar-refractivity contribution in [2.75, 3.05) is 12.8 Å². The number of amides is 1. The highest BCUT2D eigenvalue weighted by Crippen LogP contribution is 2.26. The van der Waals surface area contributed by atoms with Crippen molar-refractivity contribution in [3.8, 4) is 11.8 Å². The van der Waals surface area contributed by atoms with Gasteiger partial charge in [0.2, 0.25) is 0 Å². The van der Waals surface area contributed by atoms with Crippen LogP contribution in [0, 0.1) is 17.1 Å². The molecule has 0 aliphatic rings. The van der Waals surface area contributed by atoms with E-state index in [4.69, 9.17) is 10.5 Å². The number of esters is 1. The van der Waals surface area contributed by atoms with Crippen LogP contribution in [0.1, 0.15) is 32.0 Å². The number of methoxy groups -OCH3 is 1. The Bertz CT molecular complexity index is 1110. The average Bonchev–Trinajstić information content (AvgIpc) is 3.08. The first-order chi connectivity index (χ1) is 14.0. The molecule has 3 rings (SSSR count). The molecule has 29 heavy (non-hydrogen) atoms. The lowest BCUT2D eigenvalue weighted by molar-refractivity contribution is 0.0592. The van der Waals surface area contributed by atoms with Gasteiger partial charge in [-0.2, -0.15) is 5.26 Å². The number of aromatic nitrogens is 1. The van der Waals surface area contributed by atoms with Crippen LogP contribution in [-0.4, -0.2) is 23.6 Å². The van der Waals surface area contributed by atoms with E-state index in [9.17, 15) is 19.2 Å². The second-order valence-electron chi connectivity index (χ2n) is 6.10. The minimum atomic E-state index is -0.731. The van der Waals surface area contributed by atoms with Crippen LogP contribution in [0.2, 0.25) is 0 Å². The Hall–Kier alpha value is -4.12. The zero-order valence-electron chi connectivity index (χ0n) is 15.5. The molecule has 0 radical (unpaired) electrons. The summed E-state index contributed by atoms with van der Waals surface area (Å²) in [6, 6.07) is 14.3. The van der Waals surface area contributed by atoms with Gasteiger partial charge in [0, 0.05) is 12.7 Å². The summed E-state index contributed by atoms with van der Waals surface area (Å²) in [5, 5.41) is 12.0. The van der Waals surface area contributed by atoms with Crippen LogP contribution in [0.15, 0.2) is 54.7 Å². The van der Waals surface area contributed by atoms with Gasteiger partial charge in [-0.25, -0.2) is 9.18 Å². The molecule has 0 spiro atoms. The number of anilines is 1. The second-order valence-corrected chi connectivity index (χ2v) is 6.10. The zero-order valence-corrected chi connectivity index (χ0v) is 15.5. The molecule has 1 heterocycles. The van der Waals surface area contributed by atoms with Crippen LogP contribution in [-0.2, 0) is 11.3 Å². The first kappa shape index (κ1) is 19.6. The number of carbonyl (C=O) groups is 2. The molecular weight excluding hydrogens is 375 g/mol. The molecule has 2 aromatic carbocycles. The highest BCUT2D eigenvalue weighted by Gasteiger charge is 2.24. The summed E-state index contributed by atoms with van der Waals surface area (Å²) in [6.45, 7) is 0.189. The predicted molar refractivity (Wildman–Crippen MR) is 104 cm³/mol. The number of rotatable bonds is 5. The topological polar surface area (TPSA) is 110 Å². The number of nitrogens with one attached hydrogen (secondary N) is 1. The summed E-state index contributed by atoms with van der Waals surface area (Å²) in [7, 11) is 1.20. The third-order valence-corrected chi connectivity index (χ3v) is 4.32. The Morgan fingerprint density at radius 1 is 1.21 bits per heavy atom. The number of halogens is 1. The number of nitrogen functional groups attached to an aromatic ring is 1. The fourth-order valence-corrected chi connectivity index (χ4v) is 2.86. The molecule has 7 nitrogen and oxygen atoms in total. The van der Waals surface area contributed by atoms with E-state index in [-0.39, 0.29) is 34.9 Å². The minimum Gasteiger partial charge on any atom is -0.464 e. The maximum Gasteiger partial charge on any atom is 0.357 e. The van der Waals surface area contributed by atoms with Crippen molar-refractivity contribution in [1.82, 2.24) is 9.88 Å². The summed E-state index contributed by atoms with van der Waals surface area (Å²) in [5.74, 6) is -1.50. The average molecular weight is 392 g/mol. The van der Waals surface area contributed by atoms with Crippen molar-refractivity contribution in [2.45, 2.75) is 6.54 Å². The summed E-state index contributed by atoms with van der Waals surface area (Å²) < 4.78 is 19.2. The van der Waals surface area contributed by atoms with Gasteiger partial charge in [0.25, 0.3) is 5.91 Å². The van der Waals surface area contributed by atoms with Gasteiger partial charge < -0.3 is 20.4 Å². The molecule has 0 bridgehead atoms. The Kier molecular flexibility index (Phi) is 5.60. The lowest BCUT2D eigenvalue weighted by Gasteiger charge is -2.13. The summed E-state index contributed by atoms with van der Waals surface area (Å²) in [4.78, 5) is 25.0. The molecule has 1 aromatic heterocycles. The van der Waals surface area contributed by atoms with Gasteiger partial charge in [-0.05, 0) is 29.8 Å². The molecule has 0 aliphatic carbocycles. The van der Waals surface area contributed by atoms with Gasteiger partial charge in [0.1, 0.15) is 11.9 Å². The maximum absolute atomic E-state index is 13.0. The fourth-order valence-electron chi connectivity index (χ4n) is 2.86. The lowest BCUT2D eigenvalue weighted by atomic mass is 10.1. The maximum atomic E-state index is 13.0. The standard InChI is InChI=1S/C21H17FN4O3/c1-29-21(28)19-18(24)14(10-23)12-26(19)17-5-3-2-4-16(17)20(27)25-11-13-6-8-15(22)9-7-13/h2-9,12H,11,24H2,1H3,(H,25,27). The number of carbonyl (C=O) groups excluding carboxylic acids is 2. The van der Waals surface area contributed by atoms with E-state index in [1.165, 1.54) is 30.0 Å². The number of para-hydroxylation sites is 1. The van der Waals surface area contributed by atoms with E-state index in [2.05, 4.69) is 5.32 Å². The third-order valence-electron chi connectivity index (χ3n) is 4.32. The summed E-state index contributed by atoms with van der Waals surface area (Å²) in [5.41, 5.74) is 7.30. The Morgan fingerprint density at radius 2 is 1.90 bits per heavy atom. The Morgan fingerprint density at radius 3 is 2.55 bits per heavy atom. The van der Waals surface area contributed by atoms with Gasteiger partial charge in [-0.3, -0.25) is 4.79 Å². The van der Waals surface area contributed by atoms with Gasteiger partial charge in [0.05, 0.1) is 29.6 Å². The smallest absolute Gasteiger partial charge is 0.357 e. The molecule has 0 aliphatic heterocycles.